The number of sulfone groups is 1. The zero-order valence-corrected chi connectivity index (χ0v) is 21.7. The minimum atomic E-state index is -4.06. The quantitative estimate of drug-likeness (QED) is 0.469. The smallest absolute Gasteiger partial charge is 0.352 e. The molecule has 3 aromatic rings. The van der Waals surface area contributed by atoms with Gasteiger partial charge >= 0.3 is 11.4 Å². The number of para-hydroxylation sites is 1. The van der Waals surface area contributed by atoms with Crippen molar-refractivity contribution < 1.29 is 13.5 Å². The number of aliphatic hydroxyl groups excluding tert-OH is 1. The number of aromatic nitrogens is 3. The van der Waals surface area contributed by atoms with Crippen molar-refractivity contribution >= 4 is 9.84 Å². The molecule has 1 aliphatic rings. The molecule has 1 aliphatic heterocycles. The Bertz CT molecular complexity index is 1460. The number of hydrogen-bond acceptors (Lipinski definition) is 5. The van der Waals surface area contributed by atoms with Crippen molar-refractivity contribution in [3.63, 3.8) is 0 Å². The number of benzene rings is 2. The number of unbranched alkanes of at least 4 members (excludes halogenated alkanes) is 1. The highest BCUT2D eigenvalue weighted by Gasteiger charge is 2.42. The van der Waals surface area contributed by atoms with Crippen molar-refractivity contribution in [3.05, 3.63) is 92.1 Å². The maximum Gasteiger partial charge on any atom is 0.352 e. The van der Waals surface area contributed by atoms with Crippen molar-refractivity contribution in [2.24, 2.45) is 0 Å². The minimum absolute atomic E-state index is 0.0410. The summed E-state index contributed by atoms with van der Waals surface area (Å²) < 4.78 is 31.4. The van der Waals surface area contributed by atoms with Crippen LogP contribution in [0.2, 0.25) is 0 Å². The molecule has 1 aromatic heterocycles. The molecule has 0 aliphatic carbocycles. The van der Waals surface area contributed by atoms with Crippen LogP contribution in [-0.4, -0.2) is 33.6 Å². The van der Waals surface area contributed by atoms with Crippen molar-refractivity contribution in [1.29, 1.82) is 0 Å². The third-order valence-corrected chi connectivity index (χ3v) is 8.58. The van der Waals surface area contributed by atoms with Crippen LogP contribution < -0.4 is 11.4 Å². The highest BCUT2D eigenvalue weighted by Crippen LogP contribution is 2.38. The fourth-order valence-corrected chi connectivity index (χ4v) is 6.51. The van der Waals surface area contributed by atoms with Gasteiger partial charge in [-0.25, -0.2) is 31.9 Å². The lowest BCUT2D eigenvalue weighted by Gasteiger charge is -2.34. The number of hydrogen-bond donors (Lipinski definition) is 1. The van der Waals surface area contributed by atoms with E-state index in [4.69, 9.17) is 0 Å². The predicted molar refractivity (Wildman–Crippen MR) is 139 cm³/mol. The first-order chi connectivity index (χ1) is 17.2. The SMILES string of the molecule is CCCC[C@@H](O)[C@H]1C(S(=O)(=O)c2ccc(C)cc2)=C[C@H](CCC)n2c(=O)n(-c3ccccc3)c(=O)n21. The van der Waals surface area contributed by atoms with Gasteiger partial charge in [-0.15, -0.1) is 0 Å². The molecule has 0 radical (unpaired) electrons. The van der Waals surface area contributed by atoms with Crippen LogP contribution in [0, 0.1) is 6.92 Å². The fraction of sp³-hybridized carbons (Fsp3) is 0.407. The van der Waals surface area contributed by atoms with Crippen molar-refractivity contribution in [2.75, 3.05) is 0 Å². The topological polar surface area (TPSA) is 103 Å². The first-order valence-electron chi connectivity index (χ1n) is 12.4. The van der Waals surface area contributed by atoms with Gasteiger partial charge in [-0.1, -0.05) is 69.0 Å². The number of aliphatic hydroxyl groups is 1. The monoisotopic (exact) mass is 511 g/mol. The summed E-state index contributed by atoms with van der Waals surface area (Å²) in [7, 11) is -4.06. The second-order valence-electron chi connectivity index (χ2n) is 9.32. The lowest BCUT2D eigenvalue weighted by Crippen LogP contribution is -2.43. The van der Waals surface area contributed by atoms with Gasteiger partial charge in [-0.05, 0) is 50.1 Å². The van der Waals surface area contributed by atoms with Crippen molar-refractivity contribution in [2.45, 2.75) is 76.0 Å². The van der Waals surface area contributed by atoms with Crippen LogP contribution in [0.3, 0.4) is 0 Å². The minimum Gasteiger partial charge on any atom is -0.391 e. The Labute approximate surface area is 211 Å². The van der Waals surface area contributed by atoms with Crippen molar-refractivity contribution in [1.82, 2.24) is 13.9 Å². The molecule has 9 heteroatoms. The van der Waals surface area contributed by atoms with Crippen LogP contribution in [0.5, 0.6) is 0 Å². The lowest BCUT2D eigenvalue weighted by atomic mass is 10.0. The van der Waals surface area contributed by atoms with Gasteiger partial charge in [-0.3, -0.25) is 0 Å². The van der Waals surface area contributed by atoms with Crippen LogP contribution >= 0.6 is 0 Å². The molecule has 0 saturated heterocycles. The Morgan fingerprint density at radius 1 is 0.917 bits per heavy atom. The van der Waals surface area contributed by atoms with Crippen LogP contribution in [0.4, 0.5) is 0 Å². The van der Waals surface area contributed by atoms with Gasteiger partial charge in [0.1, 0.15) is 6.04 Å². The Balaban J connectivity index is 2.00. The van der Waals surface area contributed by atoms with E-state index in [9.17, 15) is 23.1 Å². The average molecular weight is 512 g/mol. The second-order valence-corrected chi connectivity index (χ2v) is 11.3. The van der Waals surface area contributed by atoms with Crippen LogP contribution in [0.1, 0.15) is 63.6 Å². The van der Waals surface area contributed by atoms with E-state index in [0.29, 0.717) is 24.9 Å². The Kier molecular flexibility index (Phi) is 7.51. The molecule has 8 nitrogen and oxygen atoms in total. The summed E-state index contributed by atoms with van der Waals surface area (Å²) in [4.78, 5) is 27.5. The molecule has 0 amide bonds. The van der Waals surface area contributed by atoms with Gasteiger partial charge in [0.25, 0.3) is 0 Å². The average Bonchev–Trinajstić information content (AvgIpc) is 3.13. The summed E-state index contributed by atoms with van der Waals surface area (Å²) in [6.45, 7) is 5.78. The first-order valence-corrected chi connectivity index (χ1v) is 13.9. The molecule has 0 fully saturated rings. The van der Waals surface area contributed by atoms with Crippen LogP contribution in [0.25, 0.3) is 5.69 Å². The van der Waals surface area contributed by atoms with E-state index in [1.165, 1.54) is 21.5 Å². The molecule has 2 heterocycles. The maximum atomic E-state index is 13.9. The van der Waals surface area contributed by atoms with E-state index in [2.05, 4.69) is 0 Å². The largest absolute Gasteiger partial charge is 0.391 e. The Morgan fingerprint density at radius 2 is 1.56 bits per heavy atom. The lowest BCUT2D eigenvalue weighted by molar-refractivity contribution is 0.0975. The standard InChI is InChI=1S/C27H33N3O5S/c1-4-6-13-23(31)25-24(36(34,35)22-16-14-19(3)15-17-22)18-21(10-5-2)29-26(32)28(27(33)30(25)29)20-11-8-7-9-12-20/h7-9,11-12,14-18,21,23,25,31H,4-6,10,13H2,1-3H3/t21-,23+,25-/m0/s1. The first kappa shape index (κ1) is 25.9. The zero-order chi connectivity index (χ0) is 26.0. The summed E-state index contributed by atoms with van der Waals surface area (Å²) in [6.07, 6.45) is 3.24. The van der Waals surface area contributed by atoms with Gasteiger partial charge in [0.15, 0.2) is 0 Å². The van der Waals surface area contributed by atoms with Gasteiger partial charge in [0.2, 0.25) is 9.84 Å². The van der Waals surface area contributed by atoms with Crippen molar-refractivity contribution in [3.8, 4) is 5.69 Å². The van der Waals surface area contributed by atoms with Gasteiger partial charge in [0.05, 0.1) is 27.6 Å². The summed E-state index contributed by atoms with van der Waals surface area (Å²) in [5.41, 5.74) is 0.0831. The molecule has 0 bridgehead atoms. The number of nitrogens with zero attached hydrogens (tertiary/aromatic N) is 3. The molecule has 0 unspecified atom stereocenters. The number of allylic oxidation sites excluding steroid dienone is 1. The zero-order valence-electron chi connectivity index (χ0n) is 20.9. The van der Waals surface area contributed by atoms with E-state index in [1.807, 2.05) is 20.8 Å². The third kappa shape index (κ3) is 4.53. The normalized spacial score (nSPS) is 18.5. The Morgan fingerprint density at radius 3 is 2.17 bits per heavy atom. The molecule has 3 atom stereocenters. The second kappa shape index (κ2) is 10.4. The molecule has 1 N–H and O–H groups in total. The molecular formula is C27H33N3O5S. The van der Waals surface area contributed by atoms with Gasteiger partial charge in [-0.2, -0.15) is 0 Å². The summed E-state index contributed by atoms with van der Waals surface area (Å²) in [6, 6.07) is 13.2. The predicted octanol–water partition coefficient (Wildman–Crippen LogP) is 3.91. The van der Waals surface area contributed by atoms with Crippen LogP contribution in [-0.2, 0) is 9.84 Å². The third-order valence-electron chi connectivity index (χ3n) is 6.69. The van der Waals surface area contributed by atoms with E-state index in [-0.39, 0.29) is 16.2 Å². The molecule has 36 heavy (non-hydrogen) atoms. The Hall–Kier alpha value is -3.17. The highest BCUT2D eigenvalue weighted by molar-refractivity contribution is 7.95. The maximum absolute atomic E-state index is 13.9. The molecule has 0 saturated carbocycles. The molecule has 0 spiro atoms. The van der Waals surface area contributed by atoms with E-state index in [1.54, 1.807) is 48.5 Å². The number of aryl methyl sites for hydroxylation is 1. The van der Waals surface area contributed by atoms with E-state index >= 15 is 0 Å². The molecule has 192 valence electrons. The number of rotatable bonds is 9. The molecular weight excluding hydrogens is 478 g/mol. The van der Waals surface area contributed by atoms with E-state index < -0.39 is 39.4 Å². The van der Waals surface area contributed by atoms with E-state index in [0.717, 1.165) is 16.6 Å². The fourth-order valence-electron chi connectivity index (χ4n) is 4.83. The number of fused-ring (bicyclic) bond motifs is 1. The summed E-state index contributed by atoms with van der Waals surface area (Å²) in [5, 5.41) is 11.3. The van der Waals surface area contributed by atoms with Gasteiger partial charge < -0.3 is 5.11 Å². The molecule has 4 rings (SSSR count). The van der Waals surface area contributed by atoms with Gasteiger partial charge in [0, 0.05) is 0 Å². The molecule has 2 aromatic carbocycles. The summed E-state index contributed by atoms with van der Waals surface area (Å²) >= 11 is 0. The van der Waals surface area contributed by atoms with Crippen LogP contribution in [0.15, 0.2) is 80.1 Å². The summed E-state index contributed by atoms with van der Waals surface area (Å²) in [5.74, 6) is 0. The highest BCUT2D eigenvalue weighted by atomic mass is 32.2.